The van der Waals surface area contributed by atoms with Gasteiger partial charge in [-0.2, -0.15) is 0 Å². The van der Waals surface area contributed by atoms with Crippen LogP contribution in [0.2, 0.25) is 0 Å². The summed E-state index contributed by atoms with van der Waals surface area (Å²) < 4.78 is 4.99. The summed E-state index contributed by atoms with van der Waals surface area (Å²) in [6, 6.07) is 5.45. The number of rotatable bonds is 3. The van der Waals surface area contributed by atoms with Crippen molar-refractivity contribution in [2.24, 2.45) is 5.73 Å². The minimum Gasteiger partial charge on any atom is -0.480 e. The topological polar surface area (TPSA) is 78.1 Å². The lowest BCUT2D eigenvalue weighted by Crippen LogP contribution is -2.14. The molecule has 5 heteroatoms. The quantitative estimate of drug-likeness (QED) is 0.819. The summed E-state index contributed by atoms with van der Waals surface area (Å²) in [5.74, 6) is 0.0292. The predicted molar refractivity (Wildman–Crippen MR) is 59.0 cm³/mol. The van der Waals surface area contributed by atoms with Gasteiger partial charge in [-0.05, 0) is 11.6 Å². The summed E-state index contributed by atoms with van der Waals surface area (Å²) in [5.41, 5.74) is 7.30. The molecule has 16 heavy (non-hydrogen) atoms. The highest BCUT2D eigenvalue weighted by Gasteiger charge is 2.07. The van der Waals surface area contributed by atoms with E-state index in [1.54, 1.807) is 6.07 Å². The number of nitrogens with zero attached hydrogens (tertiary/aromatic N) is 2. The first kappa shape index (κ1) is 10.4. The van der Waals surface area contributed by atoms with E-state index >= 15 is 0 Å². The van der Waals surface area contributed by atoms with Crippen molar-refractivity contribution >= 4 is 16.9 Å². The van der Waals surface area contributed by atoms with Gasteiger partial charge in [-0.3, -0.25) is 4.79 Å². The van der Waals surface area contributed by atoms with Crippen molar-refractivity contribution in [1.82, 2.24) is 9.97 Å². The molecule has 2 rings (SSSR count). The van der Waals surface area contributed by atoms with E-state index in [1.807, 2.05) is 12.1 Å². The summed E-state index contributed by atoms with van der Waals surface area (Å²) in [6.45, 7) is 0. The van der Waals surface area contributed by atoms with Gasteiger partial charge < -0.3 is 10.5 Å². The van der Waals surface area contributed by atoms with Crippen LogP contribution in [-0.4, -0.2) is 23.0 Å². The van der Waals surface area contributed by atoms with Crippen molar-refractivity contribution in [2.75, 3.05) is 7.11 Å². The fourth-order valence-corrected chi connectivity index (χ4v) is 1.50. The molecule has 0 saturated heterocycles. The van der Waals surface area contributed by atoms with Crippen LogP contribution < -0.4 is 10.5 Å². The van der Waals surface area contributed by atoms with Gasteiger partial charge in [0.05, 0.1) is 30.8 Å². The zero-order valence-corrected chi connectivity index (χ0v) is 8.80. The van der Waals surface area contributed by atoms with Crippen molar-refractivity contribution in [3.8, 4) is 5.88 Å². The first-order valence-corrected chi connectivity index (χ1v) is 4.77. The maximum absolute atomic E-state index is 10.9. The molecule has 82 valence electrons. The van der Waals surface area contributed by atoms with E-state index in [-0.39, 0.29) is 6.42 Å². The molecule has 0 unspecified atom stereocenters. The molecule has 0 fully saturated rings. The van der Waals surface area contributed by atoms with Crippen molar-refractivity contribution in [3.63, 3.8) is 0 Å². The number of benzene rings is 1. The highest BCUT2D eigenvalue weighted by Crippen LogP contribution is 2.17. The fourth-order valence-electron chi connectivity index (χ4n) is 1.50. The number of hydrogen-bond acceptors (Lipinski definition) is 4. The zero-order valence-electron chi connectivity index (χ0n) is 8.80. The van der Waals surface area contributed by atoms with Gasteiger partial charge >= 0.3 is 0 Å². The van der Waals surface area contributed by atoms with E-state index in [9.17, 15) is 4.79 Å². The molecule has 0 aliphatic carbocycles. The molecule has 0 aliphatic heterocycles. The lowest BCUT2D eigenvalue weighted by Gasteiger charge is -2.04. The van der Waals surface area contributed by atoms with Gasteiger partial charge in [0.1, 0.15) is 0 Å². The van der Waals surface area contributed by atoms with Gasteiger partial charge in [0.25, 0.3) is 0 Å². The van der Waals surface area contributed by atoms with E-state index in [2.05, 4.69) is 9.97 Å². The third-order valence-electron chi connectivity index (χ3n) is 2.21. The average molecular weight is 217 g/mol. The normalized spacial score (nSPS) is 10.3. The van der Waals surface area contributed by atoms with E-state index < -0.39 is 5.91 Å². The van der Waals surface area contributed by atoms with Crippen LogP contribution in [0, 0.1) is 0 Å². The molecule has 0 bridgehead atoms. The number of carbonyl (C=O) groups is 1. The number of primary amides is 1. The Hall–Kier alpha value is -2.17. The summed E-state index contributed by atoms with van der Waals surface area (Å²) in [5, 5.41) is 0. The van der Waals surface area contributed by atoms with Crippen molar-refractivity contribution in [1.29, 1.82) is 0 Å². The number of aromatic nitrogens is 2. The molecule has 1 heterocycles. The summed E-state index contributed by atoms with van der Waals surface area (Å²) in [4.78, 5) is 19.3. The zero-order chi connectivity index (χ0) is 11.5. The Balaban J connectivity index is 2.59. The molecule has 0 saturated carbocycles. The molecule has 2 aromatic rings. The maximum atomic E-state index is 10.9. The average Bonchev–Trinajstić information content (AvgIpc) is 2.28. The largest absolute Gasteiger partial charge is 0.480 e. The van der Waals surface area contributed by atoms with Crippen LogP contribution in [0.4, 0.5) is 0 Å². The number of para-hydroxylation sites is 1. The summed E-state index contributed by atoms with van der Waals surface area (Å²) >= 11 is 0. The van der Waals surface area contributed by atoms with Crippen LogP contribution in [0.3, 0.4) is 0 Å². The van der Waals surface area contributed by atoms with Crippen LogP contribution in [0.15, 0.2) is 24.4 Å². The third-order valence-corrected chi connectivity index (χ3v) is 2.21. The van der Waals surface area contributed by atoms with Crippen LogP contribution in [-0.2, 0) is 11.2 Å². The lowest BCUT2D eigenvalue weighted by molar-refractivity contribution is -0.117. The first-order chi connectivity index (χ1) is 7.70. The number of amides is 1. The van der Waals surface area contributed by atoms with Crippen molar-refractivity contribution < 1.29 is 9.53 Å². The SMILES string of the molecule is COc1cnc2cccc(CC(N)=O)c2n1. The smallest absolute Gasteiger partial charge is 0.232 e. The first-order valence-electron chi connectivity index (χ1n) is 4.77. The Bertz CT molecular complexity index is 540. The number of ether oxygens (including phenoxy) is 1. The van der Waals surface area contributed by atoms with E-state index in [0.717, 1.165) is 11.1 Å². The Labute approximate surface area is 92.3 Å². The fraction of sp³-hybridized carbons (Fsp3) is 0.182. The highest BCUT2D eigenvalue weighted by atomic mass is 16.5. The number of hydrogen-bond donors (Lipinski definition) is 1. The second-order valence-corrected chi connectivity index (χ2v) is 3.34. The van der Waals surface area contributed by atoms with Gasteiger partial charge in [0.15, 0.2) is 0 Å². The number of nitrogens with two attached hydrogens (primary N) is 1. The second-order valence-electron chi connectivity index (χ2n) is 3.34. The highest BCUT2D eigenvalue weighted by molar-refractivity contribution is 5.85. The minimum atomic E-state index is -0.392. The molecule has 1 aromatic heterocycles. The van der Waals surface area contributed by atoms with Gasteiger partial charge in [-0.1, -0.05) is 12.1 Å². The lowest BCUT2D eigenvalue weighted by atomic mass is 10.1. The maximum Gasteiger partial charge on any atom is 0.232 e. The summed E-state index contributed by atoms with van der Waals surface area (Å²) in [7, 11) is 1.52. The van der Waals surface area contributed by atoms with Gasteiger partial charge in [0, 0.05) is 0 Å². The van der Waals surface area contributed by atoms with Crippen LogP contribution in [0.5, 0.6) is 5.88 Å². The van der Waals surface area contributed by atoms with Gasteiger partial charge in [-0.15, -0.1) is 0 Å². The Kier molecular flexibility index (Phi) is 2.68. The van der Waals surface area contributed by atoms with Crippen LogP contribution in [0.1, 0.15) is 5.56 Å². The predicted octanol–water partition coefficient (Wildman–Crippen LogP) is 0.666. The molecule has 0 radical (unpaired) electrons. The number of methoxy groups -OCH3 is 1. The minimum absolute atomic E-state index is 0.152. The molecule has 5 nitrogen and oxygen atoms in total. The monoisotopic (exact) mass is 217 g/mol. The molecular formula is C11H11N3O2. The Morgan fingerprint density at radius 2 is 2.31 bits per heavy atom. The van der Waals surface area contributed by atoms with Gasteiger partial charge in [-0.25, -0.2) is 9.97 Å². The molecule has 1 aromatic carbocycles. The van der Waals surface area contributed by atoms with E-state index in [4.69, 9.17) is 10.5 Å². The number of fused-ring (bicyclic) bond motifs is 1. The van der Waals surface area contributed by atoms with E-state index in [1.165, 1.54) is 13.3 Å². The Morgan fingerprint density at radius 1 is 1.50 bits per heavy atom. The van der Waals surface area contributed by atoms with Crippen LogP contribution >= 0.6 is 0 Å². The molecule has 0 atom stereocenters. The second kappa shape index (κ2) is 4.14. The molecule has 1 amide bonds. The van der Waals surface area contributed by atoms with E-state index in [0.29, 0.717) is 11.4 Å². The standard InChI is InChI=1S/C11H11N3O2/c1-16-10-6-13-8-4-2-3-7(5-9(12)15)11(8)14-10/h2-4,6H,5H2,1H3,(H2,12,15). The molecule has 0 aliphatic rings. The number of carbonyl (C=O) groups excluding carboxylic acids is 1. The summed E-state index contributed by atoms with van der Waals surface area (Å²) in [6.07, 6.45) is 1.69. The molecular weight excluding hydrogens is 206 g/mol. The Morgan fingerprint density at radius 3 is 3.00 bits per heavy atom. The molecule has 0 spiro atoms. The van der Waals surface area contributed by atoms with Crippen LogP contribution in [0.25, 0.3) is 11.0 Å². The third kappa shape index (κ3) is 1.93. The molecule has 2 N–H and O–H groups in total. The van der Waals surface area contributed by atoms with Gasteiger partial charge in [0.2, 0.25) is 11.8 Å². The van der Waals surface area contributed by atoms with Crippen molar-refractivity contribution in [3.05, 3.63) is 30.0 Å². The van der Waals surface area contributed by atoms with Crippen molar-refractivity contribution in [2.45, 2.75) is 6.42 Å².